The molecule has 0 saturated heterocycles. The van der Waals surface area contributed by atoms with E-state index < -0.39 is 23.7 Å². The minimum atomic E-state index is -1.85. The Labute approximate surface area is 115 Å². The van der Waals surface area contributed by atoms with E-state index in [1.54, 1.807) is 0 Å². The van der Waals surface area contributed by atoms with Crippen molar-refractivity contribution < 1.29 is 9.22 Å². The van der Waals surface area contributed by atoms with Crippen LogP contribution in [0.5, 0.6) is 0 Å². The van der Waals surface area contributed by atoms with Crippen molar-refractivity contribution in [2.75, 3.05) is 0 Å². The zero-order chi connectivity index (χ0) is 13.9. The van der Waals surface area contributed by atoms with E-state index in [4.69, 9.17) is 27.6 Å². The fraction of sp³-hybridized carbons (Fsp3) is 0.917. The van der Waals surface area contributed by atoms with Gasteiger partial charge in [-0.1, -0.05) is 37.0 Å². The Balaban J connectivity index is 3.30. The number of halogens is 2. The number of rotatable bonds is 3. The molecule has 1 unspecified atom stereocenters. The van der Waals surface area contributed by atoms with Gasteiger partial charge in [-0.2, -0.15) is 0 Å². The van der Waals surface area contributed by atoms with E-state index >= 15 is 0 Å². The summed E-state index contributed by atoms with van der Waals surface area (Å²) in [4.78, 5) is 12.1. The average Bonchev–Trinajstić information content (AvgIpc) is 2.09. The van der Waals surface area contributed by atoms with E-state index in [9.17, 15) is 4.79 Å². The van der Waals surface area contributed by atoms with Crippen LogP contribution in [0.2, 0.25) is 19.6 Å². The molecule has 0 amide bonds. The number of carbonyl (C=O) groups is 1. The fourth-order valence-corrected chi connectivity index (χ4v) is 6.13. The Morgan fingerprint density at radius 1 is 1.18 bits per heavy atom. The highest BCUT2D eigenvalue weighted by atomic mass is 35.5. The van der Waals surface area contributed by atoms with Crippen molar-refractivity contribution in [2.45, 2.75) is 57.3 Å². The molecular formula is C12H22Cl2O2Si. The van der Waals surface area contributed by atoms with Gasteiger partial charge in [0.05, 0.1) is 5.41 Å². The summed E-state index contributed by atoms with van der Waals surface area (Å²) in [6.07, 6.45) is 0. The quantitative estimate of drug-likeness (QED) is 0.581. The molecular weight excluding hydrogens is 275 g/mol. The van der Waals surface area contributed by atoms with Gasteiger partial charge in [-0.05, 0) is 39.4 Å². The van der Waals surface area contributed by atoms with E-state index in [0.29, 0.717) is 0 Å². The van der Waals surface area contributed by atoms with Gasteiger partial charge >= 0.3 is 0 Å². The highest BCUT2D eigenvalue weighted by Gasteiger charge is 2.78. The molecule has 0 aromatic rings. The lowest BCUT2D eigenvalue weighted by atomic mass is 9.53. The van der Waals surface area contributed by atoms with Crippen LogP contribution in [-0.4, -0.2) is 24.0 Å². The SMILES string of the molecule is CC(C)C1(O[Si](C)(C)C)C(C)(C)C(=O)C1(Cl)Cl. The van der Waals surface area contributed by atoms with Gasteiger partial charge in [0.1, 0.15) is 5.60 Å². The van der Waals surface area contributed by atoms with Crippen LogP contribution in [0.15, 0.2) is 0 Å². The second-order valence-corrected chi connectivity index (χ2v) is 12.4. The fourth-order valence-electron chi connectivity index (χ4n) is 2.94. The first kappa shape index (κ1) is 15.5. The molecule has 1 rings (SSSR count). The predicted octanol–water partition coefficient (Wildman–Crippen LogP) is 4.02. The first-order chi connectivity index (χ1) is 7.31. The molecule has 1 aliphatic carbocycles. The maximum absolute atomic E-state index is 12.1. The maximum Gasteiger partial charge on any atom is 0.205 e. The van der Waals surface area contributed by atoms with Crippen LogP contribution in [0.4, 0.5) is 0 Å². The molecule has 1 atom stereocenters. The third-order valence-electron chi connectivity index (χ3n) is 3.53. The molecule has 0 bridgehead atoms. The number of hydrogen-bond donors (Lipinski definition) is 0. The Kier molecular flexibility index (Phi) is 3.61. The molecule has 0 N–H and O–H groups in total. The summed E-state index contributed by atoms with van der Waals surface area (Å²) >= 11 is 12.6. The summed E-state index contributed by atoms with van der Waals surface area (Å²) in [5.74, 6) is -0.0581. The Morgan fingerprint density at radius 2 is 1.59 bits per heavy atom. The van der Waals surface area contributed by atoms with Crippen LogP contribution < -0.4 is 0 Å². The van der Waals surface area contributed by atoms with E-state index in [0.717, 1.165) is 0 Å². The zero-order valence-electron chi connectivity index (χ0n) is 11.6. The molecule has 100 valence electrons. The summed E-state index contributed by atoms with van der Waals surface area (Å²) in [6.45, 7) is 14.0. The van der Waals surface area contributed by atoms with Gasteiger partial charge in [0.2, 0.25) is 4.33 Å². The van der Waals surface area contributed by atoms with E-state index in [1.807, 2.05) is 27.7 Å². The summed E-state index contributed by atoms with van der Waals surface area (Å²) in [5.41, 5.74) is -1.42. The molecule has 0 heterocycles. The third-order valence-corrected chi connectivity index (χ3v) is 5.37. The van der Waals surface area contributed by atoms with Crippen molar-refractivity contribution >= 4 is 37.3 Å². The Morgan fingerprint density at radius 3 is 1.82 bits per heavy atom. The zero-order valence-corrected chi connectivity index (χ0v) is 14.2. The van der Waals surface area contributed by atoms with Crippen molar-refractivity contribution in [1.82, 2.24) is 0 Å². The molecule has 0 spiro atoms. The van der Waals surface area contributed by atoms with Crippen LogP contribution >= 0.6 is 23.2 Å². The number of carbonyl (C=O) groups excluding carboxylic acids is 1. The summed E-state index contributed by atoms with van der Waals surface area (Å²) in [5, 5.41) is 0. The molecule has 17 heavy (non-hydrogen) atoms. The minimum Gasteiger partial charge on any atom is -0.407 e. The molecule has 1 fully saturated rings. The van der Waals surface area contributed by atoms with Gasteiger partial charge in [0.25, 0.3) is 0 Å². The number of ketones is 1. The van der Waals surface area contributed by atoms with Crippen molar-refractivity contribution in [2.24, 2.45) is 11.3 Å². The maximum atomic E-state index is 12.1. The first-order valence-electron chi connectivity index (χ1n) is 5.93. The predicted molar refractivity (Wildman–Crippen MR) is 75.2 cm³/mol. The van der Waals surface area contributed by atoms with Crippen molar-refractivity contribution in [1.29, 1.82) is 0 Å². The van der Waals surface area contributed by atoms with Gasteiger partial charge in [-0.15, -0.1) is 0 Å². The van der Waals surface area contributed by atoms with Crippen LogP contribution in [0.1, 0.15) is 27.7 Å². The van der Waals surface area contributed by atoms with Gasteiger partial charge in [0.15, 0.2) is 14.1 Å². The second kappa shape index (κ2) is 3.96. The average molecular weight is 297 g/mol. The summed E-state index contributed by atoms with van der Waals surface area (Å²) in [7, 11) is -1.85. The van der Waals surface area contributed by atoms with Gasteiger partial charge in [0, 0.05) is 0 Å². The molecule has 0 aromatic heterocycles. The Hall–Kier alpha value is 0.427. The molecule has 0 aromatic carbocycles. The lowest BCUT2D eigenvalue weighted by Crippen LogP contribution is -2.80. The van der Waals surface area contributed by atoms with Crippen LogP contribution in [-0.2, 0) is 9.22 Å². The van der Waals surface area contributed by atoms with E-state index in [1.165, 1.54) is 0 Å². The molecule has 1 saturated carbocycles. The highest BCUT2D eigenvalue weighted by Crippen LogP contribution is 2.64. The van der Waals surface area contributed by atoms with Crippen molar-refractivity contribution in [3.05, 3.63) is 0 Å². The van der Waals surface area contributed by atoms with Crippen LogP contribution in [0.3, 0.4) is 0 Å². The van der Waals surface area contributed by atoms with Crippen molar-refractivity contribution in [3.63, 3.8) is 0 Å². The molecule has 1 aliphatic rings. The van der Waals surface area contributed by atoms with Gasteiger partial charge in [-0.3, -0.25) is 4.79 Å². The lowest BCUT2D eigenvalue weighted by Gasteiger charge is -2.65. The first-order valence-corrected chi connectivity index (χ1v) is 10.1. The van der Waals surface area contributed by atoms with Gasteiger partial charge < -0.3 is 4.43 Å². The van der Waals surface area contributed by atoms with E-state index in [-0.39, 0.29) is 11.7 Å². The summed E-state index contributed by atoms with van der Waals surface area (Å²) < 4.78 is 4.85. The largest absolute Gasteiger partial charge is 0.407 e. The lowest BCUT2D eigenvalue weighted by molar-refractivity contribution is -0.186. The summed E-state index contributed by atoms with van der Waals surface area (Å²) in [6, 6.07) is 0. The minimum absolute atomic E-state index is 0.0805. The smallest absolute Gasteiger partial charge is 0.205 e. The monoisotopic (exact) mass is 296 g/mol. The van der Waals surface area contributed by atoms with E-state index in [2.05, 4.69) is 19.6 Å². The van der Waals surface area contributed by atoms with Crippen LogP contribution in [0, 0.1) is 11.3 Å². The standard InChI is InChI=1S/C12H22Cl2O2Si/c1-8(2)11(16-17(5,6)7)10(3,4)9(15)12(11,13)14/h8H,1-7H3. The highest BCUT2D eigenvalue weighted by molar-refractivity contribution is 6.70. The molecule has 5 heteroatoms. The number of Topliss-reactive ketones (excluding diaryl/α,β-unsaturated/α-hetero) is 1. The number of alkyl halides is 2. The molecule has 0 aliphatic heterocycles. The van der Waals surface area contributed by atoms with Crippen LogP contribution in [0.25, 0.3) is 0 Å². The molecule has 2 nitrogen and oxygen atoms in total. The topological polar surface area (TPSA) is 26.3 Å². The second-order valence-electron chi connectivity index (χ2n) is 6.63. The third kappa shape index (κ3) is 1.90. The number of hydrogen-bond acceptors (Lipinski definition) is 2. The van der Waals surface area contributed by atoms with Crippen molar-refractivity contribution in [3.8, 4) is 0 Å². The Bertz CT molecular complexity index is 325. The molecule has 0 radical (unpaired) electrons. The van der Waals surface area contributed by atoms with Gasteiger partial charge in [-0.25, -0.2) is 0 Å². The normalized spacial score (nSPS) is 31.5.